The number of hydrogen-bond donors (Lipinski definition) is 1. The Hall–Kier alpha value is -1.30. The van der Waals surface area contributed by atoms with Crippen LogP contribution < -0.4 is 5.56 Å². The number of hydrogen-bond acceptors (Lipinski definition) is 4. The number of halogens is 1. The highest BCUT2D eigenvalue weighted by molar-refractivity contribution is 7.98. The standard InChI is InChI=1S/C15H17ClN2O2S/c1-10(2)20-8-12-7-14(19)18-15(17-12)21-9-11-5-3-4-6-13(11)16/h3-7,10H,8-9H2,1-2H3,(H,17,18,19). The third kappa shape index (κ3) is 5.19. The predicted molar refractivity (Wildman–Crippen MR) is 85.8 cm³/mol. The van der Waals surface area contributed by atoms with E-state index in [0.29, 0.717) is 28.2 Å². The van der Waals surface area contributed by atoms with Crippen molar-refractivity contribution in [2.45, 2.75) is 37.5 Å². The molecule has 0 radical (unpaired) electrons. The maximum Gasteiger partial charge on any atom is 0.251 e. The summed E-state index contributed by atoms with van der Waals surface area (Å²) in [6.45, 7) is 4.22. The molecule has 0 unspecified atom stereocenters. The van der Waals surface area contributed by atoms with Crippen LogP contribution in [0.1, 0.15) is 25.1 Å². The molecular weight excluding hydrogens is 308 g/mol. The van der Waals surface area contributed by atoms with Crippen LogP contribution in [-0.2, 0) is 17.1 Å². The molecule has 2 aromatic rings. The van der Waals surface area contributed by atoms with E-state index in [-0.39, 0.29) is 11.7 Å². The van der Waals surface area contributed by atoms with Crippen molar-refractivity contribution in [2.24, 2.45) is 0 Å². The first-order chi connectivity index (χ1) is 10.0. The molecule has 1 aromatic carbocycles. The summed E-state index contributed by atoms with van der Waals surface area (Å²) in [7, 11) is 0. The summed E-state index contributed by atoms with van der Waals surface area (Å²) in [6.07, 6.45) is 0.102. The van der Waals surface area contributed by atoms with E-state index in [1.54, 1.807) is 0 Å². The maximum absolute atomic E-state index is 11.6. The molecule has 0 aliphatic rings. The summed E-state index contributed by atoms with van der Waals surface area (Å²) in [5.41, 5.74) is 1.47. The molecule has 2 rings (SSSR count). The van der Waals surface area contributed by atoms with Gasteiger partial charge in [-0.05, 0) is 25.5 Å². The van der Waals surface area contributed by atoms with Crippen molar-refractivity contribution in [1.82, 2.24) is 9.97 Å². The van der Waals surface area contributed by atoms with Gasteiger partial charge in [-0.1, -0.05) is 41.6 Å². The van der Waals surface area contributed by atoms with Crippen molar-refractivity contribution in [3.63, 3.8) is 0 Å². The molecule has 21 heavy (non-hydrogen) atoms. The molecular formula is C15H17ClN2O2S. The Balaban J connectivity index is 2.06. The topological polar surface area (TPSA) is 55.0 Å². The fourth-order valence-corrected chi connectivity index (χ4v) is 2.82. The average molecular weight is 325 g/mol. The second kappa shape index (κ2) is 7.64. The molecule has 0 saturated carbocycles. The number of aromatic amines is 1. The van der Waals surface area contributed by atoms with E-state index in [1.165, 1.54) is 17.8 Å². The van der Waals surface area contributed by atoms with Crippen LogP contribution in [0.3, 0.4) is 0 Å². The van der Waals surface area contributed by atoms with Crippen LogP contribution >= 0.6 is 23.4 Å². The van der Waals surface area contributed by atoms with E-state index in [2.05, 4.69) is 9.97 Å². The van der Waals surface area contributed by atoms with Crippen LogP contribution in [0.4, 0.5) is 0 Å². The van der Waals surface area contributed by atoms with Crippen molar-refractivity contribution >= 4 is 23.4 Å². The number of rotatable bonds is 6. The van der Waals surface area contributed by atoms with Gasteiger partial charge >= 0.3 is 0 Å². The zero-order valence-corrected chi connectivity index (χ0v) is 13.5. The highest BCUT2D eigenvalue weighted by Crippen LogP contribution is 2.23. The number of thioether (sulfide) groups is 1. The smallest absolute Gasteiger partial charge is 0.251 e. The minimum absolute atomic E-state index is 0.102. The normalized spacial score (nSPS) is 11.0. The summed E-state index contributed by atoms with van der Waals surface area (Å²) in [5, 5.41) is 1.29. The molecule has 1 aromatic heterocycles. The Labute approximate surface area is 132 Å². The monoisotopic (exact) mass is 324 g/mol. The molecule has 0 bridgehead atoms. The highest BCUT2D eigenvalue weighted by atomic mass is 35.5. The largest absolute Gasteiger partial charge is 0.373 e. The van der Waals surface area contributed by atoms with Crippen LogP contribution in [0.2, 0.25) is 5.02 Å². The SMILES string of the molecule is CC(C)OCc1cc(=O)[nH]c(SCc2ccccc2Cl)n1. The van der Waals surface area contributed by atoms with Crippen molar-refractivity contribution in [3.05, 3.63) is 57.0 Å². The number of nitrogens with zero attached hydrogens (tertiary/aromatic N) is 1. The lowest BCUT2D eigenvalue weighted by Crippen LogP contribution is -2.12. The van der Waals surface area contributed by atoms with Gasteiger partial charge in [-0.3, -0.25) is 4.79 Å². The molecule has 0 saturated heterocycles. The molecule has 0 aliphatic heterocycles. The van der Waals surface area contributed by atoms with Crippen LogP contribution in [0.15, 0.2) is 40.3 Å². The van der Waals surface area contributed by atoms with Gasteiger partial charge in [0.1, 0.15) is 0 Å². The van der Waals surface area contributed by atoms with Gasteiger partial charge in [0.2, 0.25) is 0 Å². The number of ether oxygens (including phenoxy) is 1. The number of aromatic nitrogens is 2. The van der Waals surface area contributed by atoms with Crippen LogP contribution in [0.5, 0.6) is 0 Å². The van der Waals surface area contributed by atoms with Gasteiger partial charge in [-0.15, -0.1) is 0 Å². The van der Waals surface area contributed by atoms with Crippen molar-refractivity contribution in [3.8, 4) is 0 Å². The van der Waals surface area contributed by atoms with E-state index < -0.39 is 0 Å². The zero-order chi connectivity index (χ0) is 15.2. The van der Waals surface area contributed by atoms with Gasteiger partial charge in [0, 0.05) is 16.8 Å². The maximum atomic E-state index is 11.6. The van der Waals surface area contributed by atoms with Gasteiger partial charge in [-0.25, -0.2) is 4.98 Å². The van der Waals surface area contributed by atoms with Crippen molar-refractivity contribution < 1.29 is 4.74 Å². The van der Waals surface area contributed by atoms with Crippen molar-refractivity contribution in [1.29, 1.82) is 0 Å². The molecule has 4 nitrogen and oxygen atoms in total. The summed E-state index contributed by atoms with van der Waals surface area (Å²) >= 11 is 7.56. The fourth-order valence-electron chi connectivity index (χ4n) is 1.64. The minimum atomic E-state index is -0.172. The van der Waals surface area contributed by atoms with E-state index in [1.807, 2.05) is 38.1 Å². The lowest BCUT2D eigenvalue weighted by molar-refractivity contribution is 0.0631. The Morgan fingerprint density at radius 1 is 1.38 bits per heavy atom. The lowest BCUT2D eigenvalue weighted by Gasteiger charge is -2.08. The van der Waals surface area contributed by atoms with E-state index in [4.69, 9.17) is 16.3 Å². The van der Waals surface area contributed by atoms with E-state index in [9.17, 15) is 4.79 Å². The van der Waals surface area contributed by atoms with Crippen LogP contribution in [0.25, 0.3) is 0 Å². The van der Waals surface area contributed by atoms with Gasteiger partial charge in [0.15, 0.2) is 5.16 Å². The second-order valence-electron chi connectivity index (χ2n) is 4.78. The molecule has 1 heterocycles. The first kappa shape index (κ1) is 16.1. The summed E-state index contributed by atoms with van der Waals surface area (Å²) in [4.78, 5) is 18.8. The third-order valence-electron chi connectivity index (χ3n) is 2.66. The molecule has 6 heteroatoms. The fraction of sp³-hybridized carbons (Fsp3) is 0.333. The molecule has 1 N–H and O–H groups in total. The molecule has 112 valence electrons. The minimum Gasteiger partial charge on any atom is -0.373 e. The Bertz CT molecular complexity index is 658. The van der Waals surface area contributed by atoms with Gasteiger partial charge < -0.3 is 9.72 Å². The average Bonchev–Trinajstić information content (AvgIpc) is 2.44. The number of nitrogens with one attached hydrogen (secondary N) is 1. The summed E-state index contributed by atoms with van der Waals surface area (Å²) in [6, 6.07) is 9.09. The van der Waals surface area contributed by atoms with E-state index >= 15 is 0 Å². The number of H-pyrrole nitrogens is 1. The molecule has 0 aliphatic carbocycles. The van der Waals surface area contributed by atoms with Crippen LogP contribution in [-0.4, -0.2) is 16.1 Å². The molecule has 0 spiro atoms. The third-order valence-corrected chi connectivity index (χ3v) is 3.95. The van der Waals surface area contributed by atoms with E-state index in [0.717, 1.165) is 5.56 Å². The molecule has 0 amide bonds. The lowest BCUT2D eigenvalue weighted by atomic mass is 10.2. The number of benzene rings is 1. The van der Waals surface area contributed by atoms with Gasteiger partial charge in [0.05, 0.1) is 18.4 Å². The summed E-state index contributed by atoms with van der Waals surface area (Å²) < 4.78 is 5.47. The first-order valence-electron chi connectivity index (χ1n) is 6.62. The molecule has 0 fully saturated rings. The Morgan fingerprint density at radius 3 is 2.86 bits per heavy atom. The Morgan fingerprint density at radius 2 is 2.14 bits per heavy atom. The van der Waals surface area contributed by atoms with Gasteiger partial charge in [-0.2, -0.15) is 0 Å². The zero-order valence-electron chi connectivity index (χ0n) is 11.9. The second-order valence-corrected chi connectivity index (χ2v) is 6.15. The Kier molecular flexibility index (Phi) is 5.85. The quantitative estimate of drug-likeness (QED) is 0.651. The van der Waals surface area contributed by atoms with Crippen molar-refractivity contribution in [2.75, 3.05) is 0 Å². The van der Waals surface area contributed by atoms with Crippen LogP contribution in [0, 0.1) is 0 Å². The molecule has 0 atom stereocenters. The predicted octanol–water partition coefficient (Wildman–Crippen LogP) is 3.64. The summed E-state index contributed by atoms with van der Waals surface area (Å²) in [5.74, 6) is 0.650. The first-order valence-corrected chi connectivity index (χ1v) is 7.99. The van der Waals surface area contributed by atoms with Gasteiger partial charge in [0.25, 0.3) is 5.56 Å². The highest BCUT2D eigenvalue weighted by Gasteiger charge is 2.06.